The Morgan fingerprint density at radius 2 is 1.94 bits per heavy atom. The van der Waals surface area contributed by atoms with E-state index < -0.39 is 0 Å². The summed E-state index contributed by atoms with van der Waals surface area (Å²) in [6, 6.07) is 12.4. The van der Waals surface area contributed by atoms with Gasteiger partial charge < -0.3 is 9.64 Å². The first-order valence-electron chi connectivity index (χ1n) is 10.2. The van der Waals surface area contributed by atoms with Gasteiger partial charge in [0.25, 0.3) is 5.91 Å². The van der Waals surface area contributed by atoms with Gasteiger partial charge in [-0.15, -0.1) is 0 Å². The Balaban J connectivity index is 1.76. The van der Waals surface area contributed by atoms with Gasteiger partial charge >= 0.3 is 0 Å². The zero-order valence-corrected chi connectivity index (χ0v) is 19.4. The number of hydrogen-bond donors (Lipinski definition) is 0. The van der Waals surface area contributed by atoms with Gasteiger partial charge in [-0.3, -0.25) is 9.78 Å². The van der Waals surface area contributed by atoms with Gasteiger partial charge in [0.2, 0.25) is 0 Å². The van der Waals surface area contributed by atoms with Crippen molar-refractivity contribution < 1.29 is 13.9 Å². The van der Waals surface area contributed by atoms with E-state index in [9.17, 15) is 9.18 Å². The lowest BCUT2D eigenvalue weighted by molar-refractivity contribution is 0.0669. The number of pyridine rings is 1. The summed E-state index contributed by atoms with van der Waals surface area (Å²) in [6.07, 6.45) is 2.43. The Kier molecular flexibility index (Phi) is 6.10. The van der Waals surface area contributed by atoms with Crippen LogP contribution >= 0.6 is 15.9 Å². The minimum absolute atomic E-state index is 0.0119. The van der Waals surface area contributed by atoms with E-state index in [4.69, 9.17) is 4.74 Å². The van der Waals surface area contributed by atoms with Gasteiger partial charge in [-0.1, -0.05) is 22.0 Å². The molecule has 1 aliphatic heterocycles. The van der Waals surface area contributed by atoms with E-state index in [0.717, 1.165) is 45.7 Å². The molecule has 0 saturated heterocycles. The summed E-state index contributed by atoms with van der Waals surface area (Å²) in [7, 11) is 1.62. The minimum Gasteiger partial charge on any atom is -0.497 e. The highest BCUT2D eigenvalue weighted by Gasteiger charge is 2.31. The first-order chi connectivity index (χ1) is 14.9. The number of aryl methyl sites for hydroxylation is 1. The molecular formula is C25H24BrFN2O2. The number of benzene rings is 2. The summed E-state index contributed by atoms with van der Waals surface area (Å²) in [5, 5.41) is 0.633. The lowest BCUT2D eigenvalue weighted by Crippen LogP contribution is -2.40. The first-order valence-corrected chi connectivity index (χ1v) is 11.3. The monoisotopic (exact) mass is 482 g/mol. The molecule has 1 aliphatic rings. The van der Waals surface area contributed by atoms with Crippen LogP contribution in [0.5, 0.6) is 5.75 Å². The molecule has 2 heterocycles. The van der Waals surface area contributed by atoms with Crippen LogP contribution in [0.2, 0.25) is 0 Å². The van der Waals surface area contributed by atoms with Crippen molar-refractivity contribution in [1.29, 1.82) is 0 Å². The average Bonchev–Trinajstić information content (AvgIpc) is 2.78. The van der Waals surface area contributed by atoms with Crippen LogP contribution in [0.1, 0.15) is 45.7 Å². The Morgan fingerprint density at radius 3 is 2.65 bits per heavy atom. The maximum Gasteiger partial charge on any atom is 0.254 e. The Bertz CT molecular complexity index is 1150. The van der Waals surface area contributed by atoms with E-state index in [1.54, 1.807) is 25.4 Å². The van der Waals surface area contributed by atoms with E-state index >= 15 is 0 Å². The second-order valence-electron chi connectivity index (χ2n) is 7.81. The van der Waals surface area contributed by atoms with Gasteiger partial charge in [-0.25, -0.2) is 4.39 Å². The second kappa shape index (κ2) is 8.79. The Labute approximate surface area is 190 Å². The van der Waals surface area contributed by atoms with Crippen LogP contribution in [0.4, 0.5) is 4.39 Å². The molecule has 0 fully saturated rings. The lowest BCUT2D eigenvalue weighted by Gasteiger charge is -2.34. The number of alkyl halides is 1. The SMILES string of the molecule is COc1ccnc([C@H](C)N2CCc3c(cc(CBr)cc3-c3ccc(F)cc3C)C2=O)c1. The summed E-state index contributed by atoms with van der Waals surface area (Å²) < 4.78 is 19.0. The third-order valence-electron chi connectivity index (χ3n) is 5.92. The van der Waals surface area contributed by atoms with E-state index in [0.29, 0.717) is 17.4 Å². The van der Waals surface area contributed by atoms with E-state index in [1.807, 2.05) is 30.9 Å². The van der Waals surface area contributed by atoms with Crippen molar-refractivity contribution in [2.75, 3.05) is 13.7 Å². The standard InChI is InChI=1S/C25H24BrFN2O2/c1-15-10-18(27)4-5-20(15)22-11-17(14-26)12-23-21(22)7-9-29(25(23)30)16(2)24-13-19(31-3)6-8-28-24/h4-6,8,10-13,16H,7,9,14H2,1-3H3/t16-/m0/s1. The van der Waals surface area contributed by atoms with Crippen molar-refractivity contribution in [3.05, 3.63) is 82.4 Å². The van der Waals surface area contributed by atoms with Gasteiger partial charge in [0.15, 0.2) is 0 Å². The number of aromatic nitrogens is 1. The molecule has 2 aromatic carbocycles. The third-order valence-corrected chi connectivity index (χ3v) is 6.57. The molecular weight excluding hydrogens is 459 g/mol. The zero-order valence-electron chi connectivity index (χ0n) is 17.8. The van der Waals surface area contributed by atoms with Crippen LogP contribution in [-0.4, -0.2) is 29.4 Å². The maximum atomic E-state index is 13.7. The second-order valence-corrected chi connectivity index (χ2v) is 8.37. The fourth-order valence-corrected chi connectivity index (χ4v) is 4.56. The topological polar surface area (TPSA) is 42.4 Å². The number of amides is 1. The van der Waals surface area contributed by atoms with Crippen molar-refractivity contribution in [3.63, 3.8) is 0 Å². The fourth-order valence-electron chi connectivity index (χ4n) is 4.24. The zero-order chi connectivity index (χ0) is 22.1. The molecule has 0 saturated carbocycles. The number of rotatable bonds is 5. The van der Waals surface area contributed by atoms with Crippen LogP contribution in [0.15, 0.2) is 48.7 Å². The molecule has 6 heteroatoms. The van der Waals surface area contributed by atoms with Gasteiger partial charge in [-0.2, -0.15) is 0 Å². The molecule has 0 N–H and O–H groups in total. The number of methoxy groups -OCH3 is 1. The molecule has 1 atom stereocenters. The molecule has 160 valence electrons. The predicted octanol–water partition coefficient (Wildman–Crippen LogP) is 5.86. The summed E-state index contributed by atoms with van der Waals surface area (Å²) in [5.74, 6) is 0.452. The molecule has 4 nitrogen and oxygen atoms in total. The van der Waals surface area contributed by atoms with Crippen molar-refractivity contribution >= 4 is 21.8 Å². The van der Waals surface area contributed by atoms with Crippen molar-refractivity contribution in [1.82, 2.24) is 9.88 Å². The summed E-state index contributed by atoms with van der Waals surface area (Å²) >= 11 is 3.53. The summed E-state index contributed by atoms with van der Waals surface area (Å²) in [6.45, 7) is 4.48. The summed E-state index contributed by atoms with van der Waals surface area (Å²) in [5.41, 5.74) is 6.36. The molecule has 0 bridgehead atoms. The molecule has 0 aliphatic carbocycles. The van der Waals surface area contributed by atoms with E-state index in [2.05, 4.69) is 27.0 Å². The van der Waals surface area contributed by atoms with Crippen LogP contribution in [0, 0.1) is 12.7 Å². The largest absolute Gasteiger partial charge is 0.497 e. The maximum absolute atomic E-state index is 13.7. The number of carbonyl (C=O) groups excluding carboxylic acids is 1. The molecule has 0 spiro atoms. The Morgan fingerprint density at radius 1 is 1.16 bits per heavy atom. The van der Waals surface area contributed by atoms with Crippen LogP contribution in [0.3, 0.4) is 0 Å². The highest BCUT2D eigenvalue weighted by atomic mass is 79.9. The summed E-state index contributed by atoms with van der Waals surface area (Å²) in [4.78, 5) is 19.9. The molecule has 0 radical (unpaired) electrons. The fraction of sp³-hybridized carbons (Fsp3) is 0.280. The quantitative estimate of drug-likeness (QED) is 0.427. The van der Waals surface area contributed by atoms with Crippen molar-refractivity contribution in [3.8, 4) is 16.9 Å². The normalized spacial score (nSPS) is 14.4. The highest BCUT2D eigenvalue weighted by molar-refractivity contribution is 9.08. The molecule has 4 rings (SSSR count). The highest BCUT2D eigenvalue weighted by Crippen LogP contribution is 2.36. The lowest BCUT2D eigenvalue weighted by atomic mass is 9.86. The predicted molar refractivity (Wildman–Crippen MR) is 123 cm³/mol. The van der Waals surface area contributed by atoms with Crippen LogP contribution in [0.25, 0.3) is 11.1 Å². The molecule has 31 heavy (non-hydrogen) atoms. The Hall–Kier alpha value is -2.73. The van der Waals surface area contributed by atoms with Crippen molar-refractivity contribution in [2.45, 2.75) is 31.6 Å². The average molecular weight is 483 g/mol. The molecule has 0 unspecified atom stereocenters. The number of hydrogen-bond acceptors (Lipinski definition) is 3. The van der Waals surface area contributed by atoms with Crippen LogP contribution < -0.4 is 4.74 Å². The number of carbonyl (C=O) groups is 1. The minimum atomic E-state index is -0.256. The van der Waals surface area contributed by atoms with Gasteiger partial charge in [-0.05, 0) is 78.4 Å². The van der Waals surface area contributed by atoms with E-state index in [-0.39, 0.29) is 17.8 Å². The smallest absolute Gasteiger partial charge is 0.254 e. The first kappa shape index (κ1) is 21.5. The number of halogens is 2. The third kappa shape index (κ3) is 4.09. The van der Waals surface area contributed by atoms with Gasteiger partial charge in [0, 0.05) is 29.7 Å². The van der Waals surface area contributed by atoms with E-state index in [1.165, 1.54) is 12.1 Å². The van der Waals surface area contributed by atoms with Crippen LogP contribution in [-0.2, 0) is 11.8 Å². The molecule has 1 amide bonds. The molecule has 1 aromatic heterocycles. The molecule has 3 aromatic rings. The van der Waals surface area contributed by atoms with Gasteiger partial charge in [0.1, 0.15) is 11.6 Å². The number of ether oxygens (including phenoxy) is 1. The van der Waals surface area contributed by atoms with Gasteiger partial charge in [0.05, 0.1) is 18.8 Å². The number of fused-ring (bicyclic) bond motifs is 1. The van der Waals surface area contributed by atoms with Crippen molar-refractivity contribution in [2.24, 2.45) is 0 Å². The number of nitrogens with zero attached hydrogens (tertiary/aromatic N) is 2.